The molecule has 0 radical (unpaired) electrons. The van der Waals surface area contributed by atoms with E-state index in [0.29, 0.717) is 0 Å². The van der Waals surface area contributed by atoms with E-state index in [0.717, 1.165) is 13.0 Å². The first-order valence-corrected chi connectivity index (χ1v) is 6.09. The largest absolute Gasteiger partial charge is 0.305 e. The molecule has 0 unspecified atom stereocenters. The van der Waals surface area contributed by atoms with Crippen LogP contribution in [-0.4, -0.2) is 19.0 Å². The van der Waals surface area contributed by atoms with E-state index < -0.39 is 0 Å². The molecule has 0 aromatic heterocycles. The number of rotatable bonds is 2. The fourth-order valence-electron chi connectivity index (χ4n) is 2.66. The molecule has 0 fully saturated rings. The van der Waals surface area contributed by atoms with Gasteiger partial charge in [0.25, 0.3) is 0 Å². The van der Waals surface area contributed by atoms with Gasteiger partial charge < -0.3 is 4.90 Å². The molecule has 2 aromatic rings. The molecule has 3 rings (SSSR count). The third-order valence-electron chi connectivity index (χ3n) is 3.36. The molecule has 1 heteroatoms. The molecule has 1 nitrogen and oxygen atoms in total. The molecule has 17 heavy (non-hydrogen) atoms. The van der Waals surface area contributed by atoms with Gasteiger partial charge in [-0.2, -0.15) is 0 Å². The zero-order chi connectivity index (χ0) is 11.8. The maximum absolute atomic E-state index is 2.36. The van der Waals surface area contributed by atoms with Crippen LogP contribution < -0.4 is 0 Å². The second-order valence-electron chi connectivity index (χ2n) is 5.06. The Morgan fingerprint density at radius 3 is 2.53 bits per heavy atom. The molecule has 0 atom stereocenters. The maximum Gasteiger partial charge on any atom is 0.0227 e. The first-order valence-electron chi connectivity index (χ1n) is 6.09. The molecular formula is C16H17N. The van der Waals surface area contributed by atoms with Crippen molar-refractivity contribution in [3.8, 4) is 11.1 Å². The van der Waals surface area contributed by atoms with Crippen LogP contribution in [0, 0.1) is 0 Å². The smallest absolute Gasteiger partial charge is 0.0227 e. The van der Waals surface area contributed by atoms with Crippen molar-refractivity contribution in [2.75, 3.05) is 14.1 Å². The Bertz CT molecular complexity index is 555. The van der Waals surface area contributed by atoms with Gasteiger partial charge in [0, 0.05) is 6.54 Å². The van der Waals surface area contributed by atoms with Crippen molar-refractivity contribution in [2.24, 2.45) is 0 Å². The fourth-order valence-corrected chi connectivity index (χ4v) is 2.66. The van der Waals surface area contributed by atoms with Crippen LogP contribution in [0.4, 0.5) is 0 Å². The second-order valence-corrected chi connectivity index (χ2v) is 5.06. The number of fused-ring (bicyclic) bond motifs is 3. The highest BCUT2D eigenvalue weighted by molar-refractivity contribution is 5.76. The molecule has 0 aliphatic heterocycles. The number of nitrogens with zero attached hydrogens (tertiary/aromatic N) is 1. The molecule has 0 spiro atoms. The van der Waals surface area contributed by atoms with Crippen LogP contribution in [0.1, 0.15) is 16.7 Å². The van der Waals surface area contributed by atoms with Crippen molar-refractivity contribution in [2.45, 2.75) is 13.0 Å². The van der Waals surface area contributed by atoms with Crippen LogP contribution in [-0.2, 0) is 13.0 Å². The Morgan fingerprint density at radius 2 is 1.71 bits per heavy atom. The van der Waals surface area contributed by atoms with Crippen molar-refractivity contribution in [1.29, 1.82) is 0 Å². The van der Waals surface area contributed by atoms with Crippen LogP contribution in [0.2, 0.25) is 0 Å². The van der Waals surface area contributed by atoms with Crippen molar-refractivity contribution in [3.63, 3.8) is 0 Å². The van der Waals surface area contributed by atoms with Crippen molar-refractivity contribution >= 4 is 0 Å². The van der Waals surface area contributed by atoms with E-state index in [4.69, 9.17) is 0 Å². The minimum absolute atomic E-state index is 1.02. The Hall–Kier alpha value is -1.60. The summed E-state index contributed by atoms with van der Waals surface area (Å²) in [7, 11) is 4.23. The Morgan fingerprint density at radius 1 is 0.941 bits per heavy atom. The quantitative estimate of drug-likeness (QED) is 0.644. The lowest BCUT2D eigenvalue weighted by Gasteiger charge is -2.11. The summed E-state index contributed by atoms with van der Waals surface area (Å²) in [5.74, 6) is 0. The van der Waals surface area contributed by atoms with E-state index in [1.54, 1.807) is 0 Å². The molecule has 0 bridgehead atoms. The van der Waals surface area contributed by atoms with E-state index in [9.17, 15) is 0 Å². The lowest BCUT2D eigenvalue weighted by Crippen LogP contribution is -2.10. The Balaban J connectivity index is 2.01. The standard InChI is InChI=1S/C16H17N/c1-17(2)11-12-7-8-16-14(9-12)10-13-5-3-4-6-15(13)16/h3-9H,10-11H2,1-2H3. The van der Waals surface area contributed by atoms with Gasteiger partial charge >= 0.3 is 0 Å². The fraction of sp³-hybridized carbons (Fsp3) is 0.250. The van der Waals surface area contributed by atoms with Gasteiger partial charge in [0.2, 0.25) is 0 Å². The Kier molecular flexibility index (Phi) is 2.49. The van der Waals surface area contributed by atoms with Crippen molar-refractivity contribution < 1.29 is 0 Å². The van der Waals surface area contributed by atoms with E-state index in [1.807, 2.05) is 0 Å². The zero-order valence-electron chi connectivity index (χ0n) is 10.4. The lowest BCUT2D eigenvalue weighted by atomic mass is 10.0. The van der Waals surface area contributed by atoms with Crippen LogP contribution >= 0.6 is 0 Å². The van der Waals surface area contributed by atoms with E-state index in [2.05, 4.69) is 61.5 Å². The normalized spacial score (nSPS) is 12.6. The van der Waals surface area contributed by atoms with Gasteiger partial charge in [0.1, 0.15) is 0 Å². The summed E-state index contributed by atoms with van der Waals surface area (Å²) >= 11 is 0. The summed E-state index contributed by atoms with van der Waals surface area (Å²) in [5.41, 5.74) is 7.18. The molecule has 0 N–H and O–H groups in total. The average Bonchev–Trinajstić information content (AvgIpc) is 2.65. The maximum atomic E-state index is 2.36. The van der Waals surface area contributed by atoms with E-state index >= 15 is 0 Å². The third kappa shape index (κ3) is 1.87. The minimum Gasteiger partial charge on any atom is -0.305 e. The SMILES string of the molecule is CN(C)Cc1ccc2c(c1)Cc1ccccc1-2. The highest BCUT2D eigenvalue weighted by atomic mass is 15.0. The van der Waals surface area contributed by atoms with Gasteiger partial charge in [-0.3, -0.25) is 0 Å². The zero-order valence-corrected chi connectivity index (χ0v) is 10.4. The molecule has 1 aliphatic rings. The van der Waals surface area contributed by atoms with Crippen LogP contribution in [0.15, 0.2) is 42.5 Å². The molecular weight excluding hydrogens is 206 g/mol. The van der Waals surface area contributed by atoms with Gasteiger partial charge in [-0.1, -0.05) is 42.5 Å². The molecule has 0 amide bonds. The molecule has 0 heterocycles. The predicted octanol–water partition coefficient (Wildman–Crippen LogP) is 3.32. The summed E-state index contributed by atoms with van der Waals surface area (Å²) in [5, 5.41) is 0. The number of hydrogen-bond acceptors (Lipinski definition) is 1. The third-order valence-corrected chi connectivity index (χ3v) is 3.36. The monoisotopic (exact) mass is 223 g/mol. The molecule has 2 aromatic carbocycles. The second kappa shape index (κ2) is 4.01. The van der Waals surface area contributed by atoms with Gasteiger partial charge in [-0.25, -0.2) is 0 Å². The molecule has 1 aliphatic carbocycles. The van der Waals surface area contributed by atoms with Gasteiger partial charge in [-0.05, 0) is 48.3 Å². The van der Waals surface area contributed by atoms with Crippen molar-refractivity contribution in [1.82, 2.24) is 4.90 Å². The average molecular weight is 223 g/mol. The van der Waals surface area contributed by atoms with E-state index in [-0.39, 0.29) is 0 Å². The summed E-state index contributed by atoms with van der Waals surface area (Å²) in [6, 6.07) is 15.6. The van der Waals surface area contributed by atoms with E-state index in [1.165, 1.54) is 27.8 Å². The van der Waals surface area contributed by atoms with Crippen LogP contribution in [0.25, 0.3) is 11.1 Å². The Labute approximate surface area is 103 Å². The summed E-state index contributed by atoms with van der Waals surface area (Å²) in [6.07, 6.45) is 1.09. The number of benzene rings is 2. The highest BCUT2D eigenvalue weighted by Crippen LogP contribution is 2.36. The molecule has 0 saturated heterocycles. The summed E-state index contributed by atoms with van der Waals surface area (Å²) in [4.78, 5) is 2.21. The highest BCUT2D eigenvalue weighted by Gasteiger charge is 2.17. The van der Waals surface area contributed by atoms with Crippen LogP contribution in [0.3, 0.4) is 0 Å². The van der Waals surface area contributed by atoms with Gasteiger partial charge in [-0.15, -0.1) is 0 Å². The summed E-state index contributed by atoms with van der Waals surface area (Å²) in [6.45, 7) is 1.02. The first kappa shape index (κ1) is 10.5. The van der Waals surface area contributed by atoms with Crippen LogP contribution in [0.5, 0.6) is 0 Å². The van der Waals surface area contributed by atoms with Gasteiger partial charge in [0.05, 0.1) is 0 Å². The lowest BCUT2D eigenvalue weighted by molar-refractivity contribution is 0.402. The predicted molar refractivity (Wildman–Crippen MR) is 72.1 cm³/mol. The minimum atomic E-state index is 1.02. The topological polar surface area (TPSA) is 3.24 Å². The number of hydrogen-bond donors (Lipinski definition) is 0. The van der Waals surface area contributed by atoms with Crippen molar-refractivity contribution in [3.05, 3.63) is 59.2 Å². The summed E-state index contributed by atoms with van der Waals surface area (Å²) < 4.78 is 0. The molecule has 86 valence electrons. The van der Waals surface area contributed by atoms with Gasteiger partial charge in [0.15, 0.2) is 0 Å². The molecule has 0 saturated carbocycles. The first-order chi connectivity index (χ1) is 8.24.